The number of rotatable bonds is 7. The number of aromatic nitrogens is 1. The summed E-state index contributed by atoms with van der Waals surface area (Å²) in [6, 6.07) is 8.25. The number of amides is 1. The van der Waals surface area contributed by atoms with Gasteiger partial charge in [0.25, 0.3) is 0 Å². The summed E-state index contributed by atoms with van der Waals surface area (Å²) in [5, 5.41) is 7.41. The average Bonchev–Trinajstić information content (AvgIpc) is 3.19. The van der Waals surface area contributed by atoms with E-state index in [-0.39, 0.29) is 18.3 Å². The van der Waals surface area contributed by atoms with Crippen LogP contribution in [0.3, 0.4) is 0 Å². The molecule has 0 bridgehead atoms. The molecule has 1 fully saturated rings. The molecule has 0 unspecified atom stereocenters. The number of H-pyrrole nitrogens is 1. The Bertz CT molecular complexity index is 592. The van der Waals surface area contributed by atoms with Crippen LogP contribution in [0.4, 0.5) is 0 Å². The van der Waals surface area contributed by atoms with Gasteiger partial charge in [-0.2, -0.15) is 0 Å². The van der Waals surface area contributed by atoms with Crippen LogP contribution in [0.2, 0.25) is 0 Å². The van der Waals surface area contributed by atoms with Gasteiger partial charge in [-0.3, -0.25) is 4.79 Å². The lowest BCUT2D eigenvalue weighted by Crippen LogP contribution is -2.35. The zero-order valence-corrected chi connectivity index (χ0v) is 12.8. The van der Waals surface area contributed by atoms with Crippen LogP contribution < -0.4 is 10.6 Å². The molecule has 1 heterocycles. The van der Waals surface area contributed by atoms with Crippen LogP contribution in [0.25, 0.3) is 10.9 Å². The quantitative estimate of drug-likeness (QED) is 0.735. The first kappa shape index (κ1) is 15.9. The summed E-state index contributed by atoms with van der Waals surface area (Å²) < 4.78 is 0. The summed E-state index contributed by atoms with van der Waals surface area (Å²) >= 11 is 0. The summed E-state index contributed by atoms with van der Waals surface area (Å²) in [7, 11) is 0. The second-order valence-electron chi connectivity index (χ2n) is 5.53. The number of benzene rings is 1. The molecule has 1 amide bonds. The van der Waals surface area contributed by atoms with Crippen LogP contribution in [0.5, 0.6) is 0 Å². The number of para-hydroxylation sites is 1. The largest absolute Gasteiger partial charge is 0.361 e. The Morgan fingerprint density at radius 2 is 2.10 bits per heavy atom. The first-order valence-corrected chi connectivity index (χ1v) is 7.35. The lowest BCUT2D eigenvalue weighted by Gasteiger charge is -2.06. The molecule has 1 aliphatic carbocycles. The van der Waals surface area contributed by atoms with E-state index in [0.717, 1.165) is 24.4 Å². The third-order valence-corrected chi connectivity index (χ3v) is 3.81. The van der Waals surface area contributed by atoms with E-state index in [4.69, 9.17) is 0 Å². The van der Waals surface area contributed by atoms with Crippen LogP contribution in [-0.2, 0) is 11.2 Å². The van der Waals surface area contributed by atoms with E-state index in [0.29, 0.717) is 13.1 Å². The van der Waals surface area contributed by atoms with Gasteiger partial charge in [-0.25, -0.2) is 0 Å². The van der Waals surface area contributed by atoms with E-state index < -0.39 is 0 Å². The molecule has 4 nitrogen and oxygen atoms in total. The number of hydrogen-bond donors (Lipinski definition) is 3. The highest BCUT2D eigenvalue weighted by molar-refractivity contribution is 5.85. The van der Waals surface area contributed by atoms with Crippen molar-refractivity contribution in [2.45, 2.75) is 19.3 Å². The van der Waals surface area contributed by atoms with Gasteiger partial charge in [-0.1, -0.05) is 18.2 Å². The normalized spacial score (nSPS) is 13.9. The lowest BCUT2D eigenvalue weighted by atomic mass is 10.1. The summed E-state index contributed by atoms with van der Waals surface area (Å²) in [4.78, 5) is 14.9. The molecule has 3 N–H and O–H groups in total. The lowest BCUT2D eigenvalue weighted by molar-refractivity contribution is -0.120. The number of carbonyl (C=O) groups excluding carboxylic acids is 1. The maximum atomic E-state index is 11.7. The third kappa shape index (κ3) is 4.48. The van der Waals surface area contributed by atoms with E-state index in [1.54, 1.807) is 0 Å². The summed E-state index contributed by atoms with van der Waals surface area (Å²) in [6.07, 6.45) is 5.52. The highest BCUT2D eigenvalue weighted by Gasteiger charge is 2.20. The molecule has 0 radical (unpaired) electrons. The number of fused-ring (bicyclic) bond motifs is 1. The SMILES string of the molecule is Cl.O=C(CNCC1CC1)NCCc1c[nH]c2ccccc12. The Labute approximate surface area is 131 Å². The zero-order valence-electron chi connectivity index (χ0n) is 12.0. The summed E-state index contributed by atoms with van der Waals surface area (Å²) in [6.45, 7) is 2.10. The van der Waals surface area contributed by atoms with Crippen molar-refractivity contribution in [2.75, 3.05) is 19.6 Å². The van der Waals surface area contributed by atoms with Gasteiger partial charge >= 0.3 is 0 Å². The Hall–Kier alpha value is -1.52. The van der Waals surface area contributed by atoms with Crippen molar-refractivity contribution < 1.29 is 4.79 Å². The second-order valence-corrected chi connectivity index (χ2v) is 5.53. The van der Waals surface area contributed by atoms with Gasteiger partial charge in [0.2, 0.25) is 5.91 Å². The highest BCUT2D eigenvalue weighted by atomic mass is 35.5. The Balaban J connectivity index is 0.00000161. The minimum atomic E-state index is 0. The maximum absolute atomic E-state index is 11.7. The predicted octanol–water partition coefficient (Wildman–Crippen LogP) is 2.25. The first-order chi connectivity index (χ1) is 9.83. The molecule has 0 saturated heterocycles. The fourth-order valence-corrected chi connectivity index (χ4v) is 2.45. The smallest absolute Gasteiger partial charge is 0.233 e. The molecule has 2 aromatic rings. The minimum absolute atomic E-state index is 0. The molecule has 114 valence electrons. The number of aromatic amines is 1. The molecular weight excluding hydrogens is 286 g/mol. The van der Waals surface area contributed by atoms with Gasteiger partial charge < -0.3 is 15.6 Å². The predicted molar refractivity (Wildman–Crippen MR) is 87.9 cm³/mol. The fraction of sp³-hybridized carbons (Fsp3) is 0.438. The fourth-order valence-electron chi connectivity index (χ4n) is 2.45. The molecule has 0 atom stereocenters. The van der Waals surface area contributed by atoms with Gasteiger partial charge in [0.15, 0.2) is 0 Å². The number of halogens is 1. The van der Waals surface area contributed by atoms with Crippen molar-refractivity contribution in [1.29, 1.82) is 0 Å². The average molecular weight is 308 g/mol. The molecular formula is C16H22ClN3O. The molecule has 0 spiro atoms. The van der Waals surface area contributed by atoms with Gasteiger partial charge in [-0.15, -0.1) is 12.4 Å². The van der Waals surface area contributed by atoms with Crippen LogP contribution in [0, 0.1) is 5.92 Å². The van der Waals surface area contributed by atoms with Crippen LogP contribution in [-0.4, -0.2) is 30.5 Å². The highest BCUT2D eigenvalue weighted by Crippen LogP contribution is 2.27. The van der Waals surface area contributed by atoms with E-state index in [1.807, 2.05) is 18.3 Å². The van der Waals surface area contributed by atoms with E-state index in [1.165, 1.54) is 23.8 Å². The number of nitrogens with one attached hydrogen (secondary N) is 3. The van der Waals surface area contributed by atoms with Crippen molar-refractivity contribution in [3.63, 3.8) is 0 Å². The summed E-state index contributed by atoms with van der Waals surface area (Å²) in [5.74, 6) is 0.902. The van der Waals surface area contributed by atoms with Gasteiger partial charge in [-0.05, 0) is 43.4 Å². The monoisotopic (exact) mass is 307 g/mol. The topological polar surface area (TPSA) is 56.9 Å². The van der Waals surface area contributed by atoms with Crippen LogP contribution >= 0.6 is 12.4 Å². The third-order valence-electron chi connectivity index (χ3n) is 3.81. The molecule has 0 aliphatic heterocycles. The van der Waals surface area contributed by atoms with Crippen molar-refractivity contribution >= 4 is 29.2 Å². The molecule has 1 saturated carbocycles. The maximum Gasteiger partial charge on any atom is 0.233 e. The minimum Gasteiger partial charge on any atom is -0.361 e. The summed E-state index contributed by atoms with van der Waals surface area (Å²) in [5.41, 5.74) is 2.41. The first-order valence-electron chi connectivity index (χ1n) is 7.35. The molecule has 21 heavy (non-hydrogen) atoms. The molecule has 5 heteroatoms. The van der Waals surface area contributed by atoms with E-state index >= 15 is 0 Å². The molecule has 3 rings (SSSR count). The van der Waals surface area contributed by atoms with E-state index in [9.17, 15) is 4.79 Å². The van der Waals surface area contributed by atoms with Gasteiger partial charge in [0.1, 0.15) is 0 Å². The van der Waals surface area contributed by atoms with Crippen molar-refractivity contribution in [3.8, 4) is 0 Å². The van der Waals surface area contributed by atoms with Gasteiger partial charge in [0.05, 0.1) is 6.54 Å². The molecule has 1 aliphatic rings. The Morgan fingerprint density at radius 1 is 1.29 bits per heavy atom. The van der Waals surface area contributed by atoms with Crippen molar-refractivity contribution in [1.82, 2.24) is 15.6 Å². The number of carbonyl (C=O) groups is 1. The number of hydrogen-bond acceptors (Lipinski definition) is 2. The van der Waals surface area contributed by atoms with Gasteiger partial charge in [0, 0.05) is 23.6 Å². The van der Waals surface area contributed by atoms with Crippen molar-refractivity contribution in [2.24, 2.45) is 5.92 Å². The molecule has 1 aromatic carbocycles. The zero-order chi connectivity index (χ0) is 13.8. The van der Waals surface area contributed by atoms with Crippen LogP contribution in [0.15, 0.2) is 30.5 Å². The van der Waals surface area contributed by atoms with Crippen LogP contribution in [0.1, 0.15) is 18.4 Å². The van der Waals surface area contributed by atoms with Crippen molar-refractivity contribution in [3.05, 3.63) is 36.0 Å². The standard InChI is InChI=1S/C16H21N3O.ClH/c20-16(11-17-9-12-5-6-12)18-8-7-13-10-19-15-4-2-1-3-14(13)15;/h1-4,10,12,17,19H,5-9,11H2,(H,18,20);1H. The molecule has 1 aromatic heterocycles. The Morgan fingerprint density at radius 3 is 2.90 bits per heavy atom. The van der Waals surface area contributed by atoms with E-state index in [2.05, 4.69) is 27.8 Å². The second kappa shape index (κ2) is 7.48. The Kier molecular flexibility index (Phi) is 5.65.